The van der Waals surface area contributed by atoms with E-state index in [1.807, 2.05) is 52.0 Å². The standard InChI is InChI=1S/C27H25ClN2O3/c1-5-33-22-9-6-19(7-10-22)24-25(29-23-11-8-20(28)15-18(23)4)27(32)30(26(24)31)21-13-16(2)12-17(3)14-21/h6-15,29H,5H2,1-4H3. The maximum absolute atomic E-state index is 13.6. The average molecular weight is 461 g/mol. The van der Waals surface area contributed by atoms with E-state index in [0.29, 0.717) is 39.9 Å². The number of imide groups is 1. The molecule has 0 bridgehead atoms. The molecule has 5 nitrogen and oxygen atoms in total. The third-order valence-electron chi connectivity index (χ3n) is 5.45. The number of carbonyl (C=O) groups is 2. The number of aryl methyl sites for hydroxylation is 3. The fourth-order valence-electron chi connectivity index (χ4n) is 4.01. The van der Waals surface area contributed by atoms with E-state index >= 15 is 0 Å². The smallest absolute Gasteiger partial charge is 0.282 e. The van der Waals surface area contributed by atoms with Crippen LogP contribution in [-0.4, -0.2) is 18.4 Å². The van der Waals surface area contributed by atoms with E-state index in [4.69, 9.17) is 16.3 Å². The molecule has 168 valence electrons. The molecule has 2 amide bonds. The normalized spacial score (nSPS) is 13.7. The molecule has 0 radical (unpaired) electrons. The number of ether oxygens (including phenoxy) is 1. The summed E-state index contributed by atoms with van der Waals surface area (Å²) in [6, 6.07) is 18.2. The second kappa shape index (κ2) is 9.12. The van der Waals surface area contributed by atoms with Crippen molar-refractivity contribution in [1.82, 2.24) is 0 Å². The number of carbonyl (C=O) groups excluding carboxylic acids is 2. The van der Waals surface area contributed by atoms with Gasteiger partial charge < -0.3 is 10.1 Å². The quantitative estimate of drug-likeness (QED) is 0.454. The highest BCUT2D eigenvalue weighted by Gasteiger charge is 2.40. The Labute approximate surface area is 198 Å². The maximum atomic E-state index is 13.6. The van der Waals surface area contributed by atoms with E-state index in [0.717, 1.165) is 16.7 Å². The number of hydrogen-bond donors (Lipinski definition) is 1. The molecule has 0 spiro atoms. The molecule has 33 heavy (non-hydrogen) atoms. The molecule has 1 aliphatic rings. The molecule has 4 rings (SSSR count). The molecule has 0 aromatic heterocycles. The van der Waals surface area contributed by atoms with Crippen LogP contribution in [0.1, 0.15) is 29.2 Å². The van der Waals surface area contributed by atoms with Crippen LogP contribution in [0.25, 0.3) is 5.57 Å². The SMILES string of the molecule is CCOc1ccc(C2=C(Nc3ccc(Cl)cc3C)C(=O)N(c3cc(C)cc(C)c3)C2=O)cc1. The van der Waals surface area contributed by atoms with Crippen LogP contribution >= 0.6 is 11.6 Å². The lowest BCUT2D eigenvalue weighted by molar-refractivity contribution is -0.120. The highest BCUT2D eigenvalue weighted by Crippen LogP contribution is 2.35. The first-order chi connectivity index (χ1) is 15.8. The Morgan fingerprint density at radius 2 is 1.55 bits per heavy atom. The lowest BCUT2D eigenvalue weighted by Crippen LogP contribution is -2.32. The fourth-order valence-corrected chi connectivity index (χ4v) is 4.24. The minimum atomic E-state index is -0.400. The van der Waals surface area contributed by atoms with E-state index in [9.17, 15) is 9.59 Å². The van der Waals surface area contributed by atoms with Crippen LogP contribution in [0, 0.1) is 20.8 Å². The minimum Gasteiger partial charge on any atom is -0.494 e. The Balaban J connectivity index is 1.83. The van der Waals surface area contributed by atoms with Gasteiger partial charge in [0.2, 0.25) is 0 Å². The van der Waals surface area contributed by atoms with Crippen LogP contribution in [0.3, 0.4) is 0 Å². The molecular weight excluding hydrogens is 436 g/mol. The van der Waals surface area contributed by atoms with Gasteiger partial charge in [0.15, 0.2) is 0 Å². The van der Waals surface area contributed by atoms with Gasteiger partial charge >= 0.3 is 0 Å². The molecule has 1 heterocycles. The molecule has 3 aromatic rings. The Hall–Kier alpha value is -3.57. The van der Waals surface area contributed by atoms with Gasteiger partial charge in [0.1, 0.15) is 11.4 Å². The first-order valence-corrected chi connectivity index (χ1v) is 11.1. The summed E-state index contributed by atoms with van der Waals surface area (Å²) in [6.45, 7) is 8.24. The molecule has 3 aromatic carbocycles. The van der Waals surface area contributed by atoms with Crippen LogP contribution in [-0.2, 0) is 9.59 Å². The number of rotatable bonds is 6. The molecule has 0 aliphatic carbocycles. The molecular formula is C27H25ClN2O3. The van der Waals surface area contributed by atoms with Crippen molar-refractivity contribution in [3.63, 3.8) is 0 Å². The summed E-state index contributed by atoms with van der Waals surface area (Å²) in [4.78, 5) is 28.5. The van der Waals surface area contributed by atoms with Crippen molar-refractivity contribution in [2.45, 2.75) is 27.7 Å². The van der Waals surface area contributed by atoms with Crippen molar-refractivity contribution < 1.29 is 14.3 Å². The lowest BCUT2D eigenvalue weighted by atomic mass is 10.0. The zero-order valence-electron chi connectivity index (χ0n) is 19.0. The molecule has 1 N–H and O–H groups in total. The summed E-state index contributed by atoms with van der Waals surface area (Å²) in [5.74, 6) is -0.0700. The molecule has 0 saturated carbocycles. The zero-order valence-corrected chi connectivity index (χ0v) is 19.8. The summed E-state index contributed by atoms with van der Waals surface area (Å²) < 4.78 is 5.53. The van der Waals surface area contributed by atoms with Crippen molar-refractivity contribution in [2.24, 2.45) is 0 Å². The molecule has 0 atom stereocenters. The highest BCUT2D eigenvalue weighted by molar-refractivity contribution is 6.46. The molecule has 0 fully saturated rings. The Morgan fingerprint density at radius 3 is 2.15 bits per heavy atom. The topological polar surface area (TPSA) is 58.6 Å². The van der Waals surface area contributed by atoms with Crippen molar-refractivity contribution in [3.8, 4) is 5.75 Å². The van der Waals surface area contributed by atoms with Crippen LogP contribution in [0.2, 0.25) is 5.02 Å². The van der Waals surface area contributed by atoms with Crippen LogP contribution < -0.4 is 15.0 Å². The number of benzene rings is 3. The van der Waals surface area contributed by atoms with E-state index < -0.39 is 5.91 Å². The molecule has 0 unspecified atom stereocenters. The summed E-state index contributed by atoms with van der Waals surface area (Å²) in [5.41, 5.74) is 5.26. The predicted molar refractivity (Wildman–Crippen MR) is 133 cm³/mol. The van der Waals surface area contributed by atoms with Gasteiger partial charge in [0, 0.05) is 10.7 Å². The second-order valence-corrected chi connectivity index (χ2v) is 8.52. The third-order valence-corrected chi connectivity index (χ3v) is 5.69. The molecule has 6 heteroatoms. The predicted octanol–water partition coefficient (Wildman–Crippen LogP) is 6.06. The van der Waals surface area contributed by atoms with Gasteiger partial charge in [-0.1, -0.05) is 29.8 Å². The van der Waals surface area contributed by atoms with Gasteiger partial charge in [0.05, 0.1) is 17.9 Å². The Kier molecular flexibility index (Phi) is 6.25. The second-order valence-electron chi connectivity index (χ2n) is 8.08. The minimum absolute atomic E-state index is 0.230. The zero-order chi connectivity index (χ0) is 23.7. The maximum Gasteiger partial charge on any atom is 0.282 e. The fraction of sp³-hybridized carbons (Fsp3) is 0.185. The number of nitrogens with zero attached hydrogens (tertiary/aromatic N) is 1. The van der Waals surface area contributed by atoms with Crippen LogP contribution in [0.4, 0.5) is 11.4 Å². The van der Waals surface area contributed by atoms with Crippen molar-refractivity contribution in [1.29, 1.82) is 0 Å². The van der Waals surface area contributed by atoms with Gasteiger partial charge in [-0.25, -0.2) is 4.90 Å². The first-order valence-electron chi connectivity index (χ1n) is 10.8. The Bertz CT molecular complexity index is 1260. The van der Waals surface area contributed by atoms with Crippen molar-refractivity contribution in [3.05, 3.63) is 93.6 Å². The van der Waals surface area contributed by atoms with Gasteiger partial charge in [-0.15, -0.1) is 0 Å². The molecule has 0 saturated heterocycles. The van der Waals surface area contributed by atoms with Crippen LogP contribution in [0.15, 0.2) is 66.4 Å². The summed E-state index contributed by atoms with van der Waals surface area (Å²) in [6.07, 6.45) is 0. The van der Waals surface area contributed by atoms with Crippen LogP contribution in [0.5, 0.6) is 5.75 Å². The average Bonchev–Trinajstić information content (AvgIpc) is 2.99. The van der Waals surface area contributed by atoms with Gasteiger partial charge in [-0.2, -0.15) is 0 Å². The van der Waals surface area contributed by atoms with Gasteiger partial charge in [-0.3, -0.25) is 9.59 Å². The summed E-state index contributed by atoms with van der Waals surface area (Å²) in [5, 5.41) is 3.81. The summed E-state index contributed by atoms with van der Waals surface area (Å²) >= 11 is 6.10. The number of hydrogen-bond acceptors (Lipinski definition) is 4. The van der Waals surface area contributed by atoms with E-state index in [1.54, 1.807) is 36.4 Å². The number of amides is 2. The van der Waals surface area contributed by atoms with Crippen molar-refractivity contribution in [2.75, 3.05) is 16.8 Å². The van der Waals surface area contributed by atoms with E-state index in [2.05, 4.69) is 5.32 Å². The first kappa shape index (κ1) is 22.6. The number of anilines is 2. The highest BCUT2D eigenvalue weighted by atomic mass is 35.5. The van der Waals surface area contributed by atoms with Gasteiger partial charge in [0.25, 0.3) is 11.8 Å². The largest absolute Gasteiger partial charge is 0.494 e. The van der Waals surface area contributed by atoms with E-state index in [1.165, 1.54) is 4.90 Å². The lowest BCUT2D eigenvalue weighted by Gasteiger charge is -2.17. The number of nitrogens with one attached hydrogen (secondary N) is 1. The number of halogens is 1. The Morgan fingerprint density at radius 1 is 0.879 bits per heavy atom. The monoisotopic (exact) mass is 460 g/mol. The van der Waals surface area contributed by atoms with Crippen molar-refractivity contribution >= 4 is 40.4 Å². The van der Waals surface area contributed by atoms with E-state index in [-0.39, 0.29) is 11.6 Å². The third kappa shape index (κ3) is 4.50. The summed E-state index contributed by atoms with van der Waals surface area (Å²) in [7, 11) is 0. The molecule has 1 aliphatic heterocycles. The van der Waals surface area contributed by atoms with Gasteiger partial charge in [-0.05, 0) is 92.4 Å².